The molecule has 2 unspecified atom stereocenters. The van der Waals surface area contributed by atoms with Crippen LogP contribution in [-0.4, -0.2) is 56.7 Å². The number of likely N-dealkylation sites (tertiary alicyclic amines) is 1. The summed E-state index contributed by atoms with van der Waals surface area (Å²) in [6.07, 6.45) is -0.0121. The summed E-state index contributed by atoms with van der Waals surface area (Å²) in [5.41, 5.74) is 0.492. The summed E-state index contributed by atoms with van der Waals surface area (Å²) < 4.78 is 10.7. The van der Waals surface area contributed by atoms with Crippen molar-refractivity contribution in [1.82, 2.24) is 4.90 Å². The van der Waals surface area contributed by atoms with Gasteiger partial charge in [0, 0.05) is 37.9 Å². The van der Waals surface area contributed by atoms with Crippen LogP contribution in [0.15, 0.2) is 18.2 Å². The lowest BCUT2D eigenvalue weighted by atomic mass is 10.1. The van der Waals surface area contributed by atoms with Crippen molar-refractivity contribution in [3.8, 4) is 0 Å². The zero-order valence-electron chi connectivity index (χ0n) is 11.4. The molecule has 0 N–H and O–H groups in total. The molecule has 0 spiro atoms. The SMILES string of the molecule is COC1CN(CC(=O)c2ccc(Cl)cc2Cl)CC1OC. The largest absolute Gasteiger partial charge is 0.377 e. The van der Waals surface area contributed by atoms with Gasteiger partial charge in [0.25, 0.3) is 0 Å². The van der Waals surface area contributed by atoms with Crippen molar-refractivity contribution in [2.75, 3.05) is 33.9 Å². The topological polar surface area (TPSA) is 38.8 Å². The van der Waals surface area contributed by atoms with Gasteiger partial charge < -0.3 is 9.47 Å². The van der Waals surface area contributed by atoms with Crippen LogP contribution in [0.5, 0.6) is 0 Å². The Labute approximate surface area is 128 Å². The number of ether oxygens (including phenoxy) is 2. The normalized spacial score (nSPS) is 23.2. The summed E-state index contributed by atoms with van der Waals surface area (Å²) in [7, 11) is 3.30. The fraction of sp³-hybridized carbons (Fsp3) is 0.500. The quantitative estimate of drug-likeness (QED) is 0.782. The molecule has 0 aliphatic carbocycles. The summed E-state index contributed by atoms with van der Waals surface area (Å²) in [4.78, 5) is 14.3. The first kappa shape index (κ1) is 15.7. The van der Waals surface area contributed by atoms with Crippen LogP contribution in [0.4, 0.5) is 0 Å². The molecular formula is C14H17Cl2NO3. The maximum Gasteiger partial charge on any atom is 0.178 e. The number of hydrogen-bond donors (Lipinski definition) is 0. The predicted octanol–water partition coefficient (Wildman–Crippen LogP) is 2.52. The molecule has 0 radical (unpaired) electrons. The summed E-state index contributed by atoms with van der Waals surface area (Å²) in [5.74, 6) is -0.0294. The van der Waals surface area contributed by atoms with Gasteiger partial charge >= 0.3 is 0 Å². The molecular weight excluding hydrogens is 301 g/mol. The molecule has 2 rings (SSSR count). The maximum absolute atomic E-state index is 12.3. The molecule has 2 atom stereocenters. The fourth-order valence-electron chi connectivity index (χ4n) is 2.40. The first-order chi connectivity index (χ1) is 9.55. The number of ketones is 1. The zero-order valence-corrected chi connectivity index (χ0v) is 12.9. The van der Waals surface area contributed by atoms with Crippen molar-refractivity contribution < 1.29 is 14.3 Å². The number of halogens is 2. The van der Waals surface area contributed by atoms with Crippen LogP contribution in [0.25, 0.3) is 0 Å². The molecule has 1 aliphatic rings. The van der Waals surface area contributed by atoms with Crippen molar-refractivity contribution in [2.24, 2.45) is 0 Å². The van der Waals surface area contributed by atoms with Gasteiger partial charge in [0.1, 0.15) is 0 Å². The Morgan fingerprint density at radius 1 is 1.25 bits per heavy atom. The second-order valence-electron chi connectivity index (χ2n) is 4.79. The lowest BCUT2D eigenvalue weighted by Gasteiger charge is -2.14. The Morgan fingerprint density at radius 2 is 1.85 bits per heavy atom. The van der Waals surface area contributed by atoms with E-state index in [0.717, 1.165) is 0 Å². The van der Waals surface area contributed by atoms with E-state index in [0.29, 0.717) is 35.2 Å². The molecule has 1 aliphatic heterocycles. The second kappa shape index (κ2) is 6.87. The van der Waals surface area contributed by atoms with Gasteiger partial charge in [-0.15, -0.1) is 0 Å². The van der Waals surface area contributed by atoms with Crippen molar-refractivity contribution in [1.29, 1.82) is 0 Å². The molecule has 0 aromatic heterocycles. The van der Waals surface area contributed by atoms with Crippen LogP contribution in [0.2, 0.25) is 10.0 Å². The van der Waals surface area contributed by atoms with Crippen LogP contribution in [0.1, 0.15) is 10.4 Å². The Bertz CT molecular complexity index is 483. The summed E-state index contributed by atoms with van der Waals surface area (Å²) >= 11 is 11.9. The third-order valence-electron chi connectivity index (χ3n) is 3.50. The van der Waals surface area contributed by atoms with Crippen LogP contribution >= 0.6 is 23.2 Å². The molecule has 1 fully saturated rings. The highest BCUT2D eigenvalue weighted by Gasteiger charge is 2.33. The molecule has 110 valence electrons. The van der Waals surface area contributed by atoms with Crippen molar-refractivity contribution in [3.05, 3.63) is 33.8 Å². The Kier molecular flexibility index (Phi) is 5.41. The van der Waals surface area contributed by atoms with Crippen molar-refractivity contribution >= 4 is 29.0 Å². The van der Waals surface area contributed by atoms with Crippen LogP contribution in [-0.2, 0) is 9.47 Å². The Hall–Kier alpha value is -0.650. The van der Waals surface area contributed by atoms with Gasteiger partial charge in [-0.2, -0.15) is 0 Å². The van der Waals surface area contributed by atoms with E-state index in [2.05, 4.69) is 0 Å². The van der Waals surface area contributed by atoms with Gasteiger partial charge in [-0.05, 0) is 18.2 Å². The maximum atomic E-state index is 12.3. The second-order valence-corrected chi connectivity index (χ2v) is 5.63. The lowest BCUT2D eigenvalue weighted by molar-refractivity contribution is -0.00461. The number of carbonyl (C=O) groups is 1. The average molecular weight is 318 g/mol. The van der Waals surface area contributed by atoms with Gasteiger partial charge in [-0.1, -0.05) is 23.2 Å². The van der Waals surface area contributed by atoms with Crippen molar-refractivity contribution in [3.63, 3.8) is 0 Å². The van der Waals surface area contributed by atoms with Crippen LogP contribution < -0.4 is 0 Å². The summed E-state index contributed by atoms with van der Waals surface area (Å²) in [6, 6.07) is 4.90. The number of nitrogens with zero attached hydrogens (tertiary/aromatic N) is 1. The van der Waals surface area contributed by atoms with Gasteiger partial charge in [0.2, 0.25) is 0 Å². The minimum absolute atomic E-state index is 0.00603. The Morgan fingerprint density at radius 3 is 2.35 bits per heavy atom. The molecule has 1 aromatic carbocycles. The van der Waals surface area contributed by atoms with Gasteiger partial charge in [-0.25, -0.2) is 0 Å². The lowest BCUT2D eigenvalue weighted by Crippen LogP contribution is -2.29. The summed E-state index contributed by atoms with van der Waals surface area (Å²) in [5, 5.41) is 0.903. The molecule has 1 heterocycles. The molecule has 6 heteroatoms. The van der Waals surface area contributed by atoms with Gasteiger partial charge in [0.15, 0.2) is 5.78 Å². The van der Waals surface area contributed by atoms with Gasteiger partial charge in [0.05, 0.1) is 23.8 Å². The first-order valence-corrected chi connectivity index (χ1v) is 7.07. The molecule has 1 aromatic rings. The molecule has 20 heavy (non-hydrogen) atoms. The van der Waals surface area contributed by atoms with E-state index >= 15 is 0 Å². The molecule has 0 amide bonds. The highest BCUT2D eigenvalue weighted by molar-refractivity contribution is 6.36. The predicted molar refractivity (Wildman–Crippen MR) is 78.8 cm³/mol. The van der Waals surface area contributed by atoms with Gasteiger partial charge in [-0.3, -0.25) is 9.69 Å². The zero-order chi connectivity index (χ0) is 14.7. The van der Waals surface area contributed by atoms with E-state index in [1.807, 2.05) is 4.90 Å². The molecule has 1 saturated heterocycles. The minimum atomic E-state index is -0.0294. The van der Waals surface area contributed by atoms with E-state index in [1.54, 1.807) is 32.4 Å². The number of Topliss-reactive ketones (excluding diaryl/α,β-unsaturated/α-hetero) is 1. The molecule has 4 nitrogen and oxygen atoms in total. The van der Waals surface area contributed by atoms with E-state index in [-0.39, 0.29) is 18.0 Å². The monoisotopic (exact) mass is 317 g/mol. The number of rotatable bonds is 5. The van der Waals surface area contributed by atoms with Crippen LogP contribution in [0, 0.1) is 0 Å². The highest BCUT2D eigenvalue weighted by Crippen LogP contribution is 2.22. The van der Waals surface area contributed by atoms with E-state index in [4.69, 9.17) is 32.7 Å². The highest BCUT2D eigenvalue weighted by atomic mass is 35.5. The van der Waals surface area contributed by atoms with E-state index < -0.39 is 0 Å². The number of hydrogen-bond acceptors (Lipinski definition) is 4. The number of carbonyl (C=O) groups excluding carboxylic acids is 1. The third kappa shape index (κ3) is 3.51. The van der Waals surface area contributed by atoms with E-state index in [1.165, 1.54) is 0 Å². The minimum Gasteiger partial charge on any atom is -0.377 e. The van der Waals surface area contributed by atoms with Crippen LogP contribution in [0.3, 0.4) is 0 Å². The summed E-state index contributed by atoms with van der Waals surface area (Å²) in [6.45, 7) is 1.64. The first-order valence-electron chi connectivity index (χ1n) is 6.31. The Balaban J connectivity index is 2.02. The average Bonchev–Trinajstić information content (AvgIpc) is 2.80. The third-order valence-corrected chi connectivity index (χ3v) is 4.04. The number of methoxy groups -OCH3 is 2. The smallest absolute Gasteiger partial charge is 0.178 e. The van der Waals surface area contributed by atoms with Crippen molar-refractivity contribution in [2.45, 2.75) is 12.2 Å². The van der Waals surface area contributed by atoms with E-state index in [9.17, 15) is 4.79 Å². The molecule has 0 saturated carbocycles. The number of benzene rings is 1. The molecule has 0 bridgehead atoms. The standard InChI is InChI=1S/C14H17Cl2NO3/c1-19-13-7-17(8-14(13)20-2)6-12(18)10-4-3-9(15)5-11(10)16/h3-5,13-14H,6-8H2,1-2H3. The fourth-order valence-corrected chi connectivity index (χ4v) is 2.92.